The van der Waals surface area contributed by atoms with Crippen LogP contribution in [0.25, 0.3) is 0 Å². The highest BCUT2D eigenvalue weighted by Crippen LogP contribution is 2.31. The standard InChI is InChI=1S/C25H27N5O7S2/c1-18(19-9-12-21(13-10-19)39(35,36)29-15-5-6-16-29)26-27-23-14-11-20(30(31)32)17-25(23)38(33,34)28-22-7-3-4-8-24(22)37-2/h3-4,7-14,17,27-28H,5-6,15-16H2,1-2H3. The summed E-state index contributed by atoms with van der Waals surface area (Å²) in [5.74, 6) is 0.269. The van der Waals surface area contributed by atoms with Crippen LogP contribution in [-0.4, -0.2) is 52.0 Å². The number of anilines is 2. The molecule has 0 unspecified atom stereocenters. The van der Waals surface area contributed by atoms with E-state index in [-0.39, 0.29) is 22.0 Å². The SMILES string of the molecule is COc1ccccc1NS(=O)(=O)c1cc([N+](=O)[O-])ccc1NN=C(C)c1ccc(S(=O)(=O)N2CCCC2)cc1. The Morgan fingerprint density at radius 1 is 0.974 bits per heavy atom. The Labute approximate surface area is 226 Å². The molecule has 0 aliphatic carbocycles. The summed E-state index contributed by atoms with van der Waals surface area (Å²) < 4.78 is 61.2. The Morgan fingerprint density at radius 3 is 2.28 bits per heavy atom. The largest absolute Gasteiger partial charge is 0.495 e. The summed E-state index contributed by atoms with van der Waals surface area (Å²) in [7, 11) is -6.48. The smallest absolute Gasteiger partial charge is 0.270 e. The van der Waals surface area contributed by atoms with Crippen molar-refractivity contribution in [3.8, 4) is 5.75 Å². The summed E-state index contributed by atoms with van der Waals surface area (Å²) >= 11 is 0. The van der Waals surface area contributed by atoms with Crippen LogP contribution < -0.4 is 14.9 Å². The average molecular weight is 574 g/mol. The summed E-state index contributed by atoms with van der Waals surface area (Å²) in [6, 6.07) is 15.9. The fraction of sp³-hybridized carbons (Fsp3) is 0.240. The van der Waals surface area contributed by atoms with Crippen molar-refractivity contribution in [2.75, 3.05) is 30.3 Å². The van der Waals surface area contributed by atoms with Crippen LogP contribution in [0.5, 0.6) is 5.75 Å². The second-order valence-corrected chi connectivity index (χ2v) is 12.3. The molecule has 3 aromatic carbocycles. The van der Waals surface area contributed by atoms with Gasteiger partial charge in [0.15, 0.2) is 0 Å². The lowest BCUT2D eigenvalue weighted by Gasteiger charge is -2.15. The van der Waals surface area contributed by atoms with Crippen LogP contribution >= 0.6 is 0 Å². The van der Waals surface area contributed by atoms with Crippen molar-refractivity contribution >= 4 is 42.8 Å². The van der Waals surface area contributed by atoms with Gasteiger partial charge in [-0.15, -0.1) is 0 Å². The predicted octanol–water partition coefficient (Wildman–Crippen LogP) is 4.02. The van der Waals surface area contributed by atoms with Crippen molar-refractivity contribution < 1.29 is 26.5 Å². The Morgan fingerprint density at radius 2 is 1.64 bits per heavy atom. The second-order valence-electron chi connectivity index (χ2n) is 8.69. The lowest BCUT2D eigenvalue weighted by Crippen LogP contribution is -2.27. The third-order valence-corrected chi connectivity index (χ3v) is 9.45. The number of methoxy groups -OCH3 is 1. The van der Waals surface area contributed by atoms with Crippen molar-refractivity contribution in [2.45, 2.75) is 29.6 Å². The molecule has 1 heterocycles. The van der Waals surface area contributed by atoms with E-state index in [0.717, 1.165) is 25.0 Å². The molecule has 0 saturated carbocycles. The van der Waals surface area contributed by atoms with Gasteiger partial charge in [-0.2, -0.15) is 9.41 Å². The quantitative estimate of drug-likeness (QED) is 0.209. The number of hydrogen-bond donors (Lipinski definition) is 2. The van der Waals surface area contributed by atoms with E-state index in [4.69, 9.17) is 4.74 Å². The number of ether oxygens (including phenoxy) is 1. The van der Waals surface area contributed by atoms with Gasteiger partial charge in [-0.1, -0.05) is 24.3 Å². The lowest BCUT2D eigenvalue weighted by molar-refractivity contribution is -0.385. The van der Waals surface area contributed by atoms with E-state index in [1.165, 1.54) is 35.7 Å². The van der Waals surface area contributed by atoms with Gasteiger partial charge in [0.05, 0.1) is 34.0 Å². The fourth-order valence-corrected chi connectivity index (χ4v) is 6.79. The van der Waals surface area contributed by atoms with Gasteiger partial charge < -0.3 is 4.74 Å². The first kappa shape index (κ1) is 28.0. The number of hydrogen-bond acceptors (Lipinski definition) is 9. The zero-order valence-electron chi connectivity index (χ0n) is 21.2. The number of para-hydroxylation sites is 2. The van der Waals surface area contributed by atoms with Crippen LogP contribution in [0.2, 0.25) is 0 Å². The molecular weight excluding hydrogens is 546 g/mol. The van der Waals surface area contributed by atoms with Gasteiger partial charge in [0, 0.05) is 25.2 Å². The Kier molecular flexibility index (Phi) is 8.18. The first-order chi connectivity index (χ1) is 18.5. The molecule has 0 bridgehead atoms. The topological polar surface area (TPSA) is 160 Å². The molecule has 0 aromatic heterocycles. The minimum Gasteiger partial charge on any atom is -0.495 e. The zero-order chi connectivity index (χ0) is 28.2. The van der Waals surface area contributed by atoms with Gasteiger partial charge in [0.25, 0.3) is 15.7 Å². The lowest BCUT2D eigenvalue weighted by atomic mass is 10.1. The third kappa shape index (κ3) is 6.19. The number of nitrogens with zero attached hydrogens (tertiary/aromatic N) is 3. The van der Waals surface area contributed by atoms with Crippen molar-refractivity contribution in [3.63, 3.8) is 0 Å². The molecule has 14 heteroatoms. The van der Waals surface area contributed by atoms with Crippen LogP contribution in [0.15, 0.2) is 81.6 Å². The zero-order valence-corrected chi connectivity index (χ0v) is 22.8. The van der Waals surface area contributed by atoms with Gasteiger partial charge in [-0.25, -0.2) is 16.8 Å². The molecule has 3 aromatic rings. The molecule has 1 aliphatic heterocycles. The average Bonchev–Trinajstić information content (AvgIpc) is 3.48. The van der Waals surface area contributed by atoms with Crippen molar-refractivity contribution in [1.29, 1.82) is 0 Å². The van der Waals surface area contributed by atoms with Gasteiger partial charge >= 0.3 is 0 Å². The number of hydrazone groups is 1. The molecule has 1 saturated heterocycles. The van der Waals surface area contributed by atoms with Crippen LogP contribution in [0.3, 0.4) is 0 Å². The molecular formula is C25H27N5O7S2. The van der Waals surface area contributed by atoms with Gasteiger partial charge in [0.2, 0.25) is 10.0 Å². The van der Waals surface area contributed by atoms with E-state index in [0.29, 0.717) is 24.4 Å². The molecule has 0 spiro atoms. The predicted molar refractivity (Wildman–Crippen MR) is 147 cm³/mol. The molecule has 0 amide bonds. The Bertz CT molecular complexity index is 1620. The maximum Gasteiger partial charge on any atom is 0.270 e. The molecule has 2 N–H and O–H groups in total. The summed E-state index contributed by atoms with van der Waals surface area (Å²) in [4.78, 5) is 10.4. The highest BCUT2D eigenvalue weighted by Gasteiger charge is 2.27. The van der Waals surface area contributed by atoms with Crippen molar-refractivity contribution in [1.82, 2.24) is 4.31 Å². The Balaban J connectivity index is 1.61. The number of non-ortho nitro benzene ring substituents is 1. The summed E-state index contributed by atoms with van der Waals surface area (Å²) in [6.45, 7) is 2.66. The maximum absolute atomic E-state index is 13.3. The second kappa shape index (κ2) is 11.4. The van der Waals surface area contributed by atoms with Crippen molar-refractivity contribution in [2.24, 2.45) is 5.10 Å². The number of nitro benzene ring substituents is 1. The number of nitrogens with one attached hydrogen (secondary N) is 2. The number of benzene rings is 3. The Hall–Kier alpha value is -4.01. The van der Waals surface area contributed by atoms with E-state index in [9.17, 15) is 26.9 Å². The highest BCUT2D eigenvalue weighted by molar-refractivity contribution is 7.93. The highest BCUT2D eigenvalue weighted by atomic mass is 32.2. The molecule has 206 valence electrons. The van der Waals surface area contributed by atoms with Crippen molar-refractivity contribution in [3.05, 3.63) is 82.4 Å². The van der Waals surface area contributed by atoms with Crippen LogP contribution in [0, 0.1) is 10.1 Å². The maximum atomic E-state index is 13.3. The minimum atomic E-state index is -4.31. The number of nitro groups is 1. The summed E-state index contributed by atoms with van der Waals surface area (Å²) in [6.07, 6.45) is 1.67. The fourth-order valence-electron chi connectivity index (χ4n) is 4.02. The molecule has 1 aliphatic rings. The van der Waals surface area contributed by atoms with Crippen LogP contribution in [-0.2, 0) is 20.0 Å². The third-order valence-electron chi connectivity index (χ3n) is 6.14. The van der Waals surface area contributed by atoms with E-state index in [1.807, 2.05) is 0 Å². The van der Waals surface area contributed by atoms with Crippen LogP contribution in [0.1, 0.15) is 25.3 Å². The van der Waals surface area contributed by atoms with Gasteiger partial charge in [-0.05, 0) is 55.7 Å². The normalized spacial score (nSPS) is 14.7. The molecule has 0 radical (unpaired) electrons. The molecule has 39 heavy (non-hydrogen) atoms. The molecule has 12 nitrogen and oxygen atoms in total. The first-order valence-corrected chi connectivity index (χ1v) is 14.8. The first-order valence-electron chi connectivity index (χ1n) is 11.9. The van der Waals surface area contributed by atoms with E-state index in [1.54, 1.807) is 37.3 Å². The summed E-state index contributed by atoms with van der Waals surface area (Å²) in [5, 5.41) is 15.6. The molecule has 1 fully saturated rings. The van der Waals surface area contributed by atoms with E-state index in [2.05, 4.69) is 15.2 Å². The summed E-state index contributed by atoms with van der Waals surface area (Å²) in [5.41, 5.74) is 3.43. The minimum absolute atomic E-state index is 0.00409. The molecule has 4 rings (SSSR count). The van der Waals surface area contributed by atoms with E-state index >= 15 is 0 Å². The molecule has 0 atom stereocenters. The van der Waals surface area contributed by atoms with Gasteiger partial charge in [0.1, 0.15) is 10.6 Å². The number of sulfonamides is 2. The van der Waals surface area contributed by atoms with Crippen LogP contribution in [0.4, 0.5) is 17.1 Å². The monoisotopic (exact) mass is 573 g/mol. The van der Waals surface area contributed by atoms with E-state index < -0.39 is 35.6 Å². The number of rotatable bonds is 10. The van der Waals surface area contributed by atoms with Gasteiger partial charge in [-0.3, -0.25) is 20.3 Å².